The van der Waals surface area contributed by atoms with E-state index in [9.17, 15) is 24.3 Å². The number of carboxylic acids is 1. The predicted octanol–water partition coefficient (Wildman–Crippen LogP) is 6.52. The van der Waals surface area contributed by atoms with Crippen molar-refractivity contribution in [3.05, 3.63) is 45.9 Å². The highest BCUT2D eigenvalue weighted by Gasteiger charge is 2.35. The number of rotatable bonds is 21. The molecule has 48 heavy (non-hydrogen) atoms. The number of nitrogens with two attached hydrogens (primary N) is 1. The number of aromatic nitrogens is 1. The van der Waals surface area contributed by atoms with Gasteiger partial charge in [0.25, 0.3) is 5.91 Å². The van der Waals surface area contributed by atoms with E-state index in [0.29, 0.717) is 30.1 Å². The van der Waals surface area contributed by atoms with Crippen molar-refractivity contribution in [2.24, 2.45) is 11.3 Å². The molecule has 0 saturated carbocycles. The standard InChI is InChI=1S/C35H55N5O7S/c1-8-10-12-18-46-40(30(41)13-11-9-2)28(23(3)4)20-29(47-34(45)37-7)32-39-27(22-48-32)31(42)38-26(21-35(5,6)33(43)44)19-24-14-16-25(36)17-15-24/h14-17,22-23,26,28-29H,8-13,18-21,36H2,1-7H3,(H,37,45)(H,38,42)(H,43,44). The zero-order chi connectivity index (χ0) is 35.9. The van der Waals surface area contributed by atoms with Crippen LogP contribution in [0.4, 0.5) is 10.5 Å². The van der Waals surface area contributed by atoms with Crippen LogP contribution in [-0.2, 0) is 25.6 Å². The summed E-state index contributed by atoms with van der Waals surface area (Å²) in [7, 11) is 1.46. The third-order valence-electron chi connectivity index (χ3n) is 8.11. The Morgan fingerprint density at radius 2 is 1.73 bits per heavy atom. The van der Waals surface area contributed by atoms with Gasteiger partial charge in [0.15, 0.2) is 6.10 Å². The molecule has 13 heteroatoms. The Morgan fingerprint density at radius 3 is 2.31 bits per heavy atom. The van der Waals surface area contributed by atoms with E-state index in [-0.39, 0.29) is 30.4 Å². The van der Waals surface area contributed by atoms with Gasteiger partial charge >= 0.3 is 12.1 Å². The van der Waals surface area contributed by atoms with Crippen molar-refractivity contribution in [2.45, 2.75) is 118 Å². The molecule has 0 saturated heterocycles. The van der Waals surface area contributed by atoms with Crippen LogP contribution in [-0.4, -0.2) is 64.8 Å². The van der Waals surface area contributed by atoms with Crippen LogP contribution in [0, 0.1) is 11.3 Å². The second-order valence-corrected chi connectivity index (χ2v) is 14.0. The summed E-state index contributed by atoms with van der Waals surface area (Å²) in [5.74, 6) is -1.62. The molecule has 0 aliphatic rings. The molecule has 2 rings (SSSR count). The molecule has 3 amide bonds. The summed E-state index contributed by atoms with van der Waals surface area (Å²) < 4.78 is 5.77. The fraction of sp³-hybridized carbons (Fsp3) is 0.629. The minimum Gasteiger partial charge on any atom is -0.481 e. The Hall–Kier alpha value is -3.71. The minimum absolute atomic E-state index is 0.0491. The monoisotopic (exact) mass is 689 g/mol. The first-order valence-corrected chi connectivity index (χ1v) is 17.8. The van der Waals surface area contributed by atoms with Crippen LogP contribution in [0.15, 0.2) is 29.6 Å². The maximum atomic E-state index is 13.5. The molecule has 2 aromatic rings. The van der Waals surface area contributed by atoms with Gasteiger partial charge in [0.2, 0.25) is 5.91 Å². The first kappa shape index (κ1) is 40.5. The quantitative estimate of drug-likeness (QED) is 0.0647. The number of hydrogen-bond acceptors (Lipinski definition) is 9. The number of thiazole rings is 1. The van der Waals surface area contributed by atoms with Gasteiger partial charge in [-0.2, -0.15) is 0 Å². The van der Waals surface area contributed by atoms with Gasteiger partial charge in [0, 0.05) is 37.0 Å². The van der Waals surface area contributed by atoms with Crippen LogP contribution >= 0.6 is 11.3 Å². The highest BCUT2D eigenvalue weighted by Crippen LogP contribution is 2.32. The number of nitrogen functional groups attached to an aromatic ring is 1. The van der Waals surface area contributed by atoms with Gasteiger partial charge in [-0.25, -0.2) is 14.8 Å². The van der Waals surface area contributed by atoms with Crippen molar-refractivity contribution in [1.82, 2.24) is 20.7 Å². The van der Waals surface area contributed by atoms with E-state index in [1.165, 1.54) is 23.4 Å². The maximum absolute atomic E-state index is 13.5. The van der Waals surface area contributed by atoms with Crippen LogP contribution in [0.1, 0.15) is 120 Å². The summed E-state index contributed by atoms with van der Waals surface area (Å²) >= 11 is 1.17. The number of carbonyl (C=O) groups excluding carboxylic acids is 3. The lowest BCUT2D eigenvalue weighted by atomic mass is 9.84. The number of unbranched alkanes of at least 4 members (excludes halogenated alkanes) is 3. The summed E-state index contributed by atoms with van der Waals surface area (Å²) in [6, 6.07) is 6.25. The Bertz CT molecular complexity index is 1310. The van der Waals surface area contributed by atoms with Gasteiger partial charge in [-0.15, -0.1) is 11.3 Å². The van der Waals surface area contributed by atoms with E-state index >= 15 is 0 Å². The van der Waals surface area contributed by atoms with E-state index in [1.807, 2.05) is 32.9 Å². The average Bonchev–Trinajstić information content (AvgIpc) is 3.53. The average molecular weight is 690 g/mol. The van der Waals surface area contributed by atoms with Crippen molar-refractivity contribution in [3.63, 3.8) is 0 Å². The third kappa shape index (κ3) is 13.1. The van der Waals surface area contributed by atoms with Crippen LogP contribution in [0.5, 0.6) is 0 Å². The SMILES string of the molecule is CCCCCON(C(=O)CCCC)C(CC(OC(=O)NC)c1nc(C(=O)NC(Cc2ccc(N)cc2)CC(C)(C)C(=O)O)cs1)C(C)C. The number of aliphatic carboxylic acids is 1. The molecule has 0 bridgehead atoms. The van der Waals surface area contributed by atoms with Gasteiger partial charge in [-0.05, 0) is 63.1 Å². The highest BCUT2D eigenvalue weighted by molar-refractivity contribution is 7.09. The van der Waals surface area contributed by atoms with E-state index in [2.05, 4.69) is 22.5 Å². The number of hydroxylamine groups is 2. The van der Waals surface area contributed by atoms with Crippen molar-refractivity contribution in [3.8, 4) is 0 Å². The van der Waals surface area contributed by atoms with Crippen molar-refractivity contribution in [1.29, 1.82) is 0 Å². The number of ether oxygens (including phenoxy) is 1. The fourth-order valence-electron chi connectivity index (χ4n) is 5.17. The topological polar surface area (TPSA) is 173 Å². The number of anilines is 1. The molecule has 0 aliphatic heterocycles. The normalized spacial score (nSPS) is 13.4. The fourth-order valence-corrected chi connectivity index (χ4v) is 6.01. The molecule has 0 fully saturated rings. The zero-order valence-electron chi connectivity index (χ0n) is 29.5. The summed E-state index contributed by atoms with van der Waals surface area (Å²) in [5, 5.41) is 18.7. The van der Waals surface area contributed by atoms with Crippen LogP contribution in [0.25, 0.3) is 0 Å². The Labute approximate surface area is 289 Å². The number of amides is 3. The number of carboxylic acid groups (broad SMARTS) is 1. The summed E-state index contributed by atoms with van der Waals surface area (Å²) in [6.45, 7) is 11.7. The van der Waals surface area contributed by atoms with Crippen molar-refractivity contribution in [2.75, 3.05) is 19.4 Å². The lowest BCUT2D eigenvalue weighted by Crippen LogP contribution is -2.44. The van der Waals surface area contributed by atoms with E-state index in [1.54, 1.807) is 31.4 Å². The predicted molar refractivity (Wildman–Crippen MR) is 187 cm³/mol. The molecule has 0 aliphatic carbocycles. The lowest BCUT2D eigenvalue weighted by Gasteiger charge is -2.35. The van der Waals surface area contributed by atoms with E-state index < -0.39 is 41.6 Å². The molecule has 268 valence electrons. The first-order valence-electron chi connectivity index (χ1n) is 16.9. The molecule has 3 atom stereocenters. The number of nitrogens with one attached hydrogen (secondary N) is 2. The number of benzene rings is 1. The maximum Gasteiger partial charge on any atom is 0.407 e. The number of alkyl carbamates (subject to hydrolysis) is 1. The molecule has 5 N–H and O–H groups in total. The van der Waals surface area contributed by atoms with Gasteiger partial charge in [-0.3, -0.25) is 19.2 Å². The second-order valence-electron chi connectivity index (χ2n) is 13.1. The largest absolute Gasteiger partial charge is 0.481 e. The second kappa shape index (κ2) is 20.0. The Morgan fingerprint density at radius 1 is 1.06 bits per heavy atom. The van der Waals surface area contributed by atoms with Crippen molar-refractivity contribution >= 4 is 40.9 Å². The van der Waals surface area contributed by atoms with Crippen LogP contribution < -0.4 is 16.4 Å². The van der Waals surface area contributed by atoms with Gasteiger partial charge in [-0.1, -0.05) is 59.1 Å². The summed E-state index contributed by atoms with van der Waals surface area (Å²) in [5.41, 5.74) is 6.34. The molecular weight excluding hydrogens is 634 g/mol. The molecule has 0 radical (unpaired) electrons. The van der Waals surface area contributed by atoms with Gasteiger partial charge in [0.1, 0.15) is 10.7 Å². The number of hydrogen-bond donors (Lipinski definition) is 4. The van der Waals surface area contributed by atoms with Gasteiger partial charge in [0.05, 0.1) is 18.1 Å². The zero-order valence-corrected chi connectivity index (χ0v) is 30.4. The first-order chi connectivity index (χ1) is 22.7. The lowest BCUT2D eigenvalue weighted by molar-refractivity contribution is -0.209. The van der Waals surface area contributed by atoms with E-state index in [0.717, 1.165) is 37.7 Å². The number of nitrogens with zero attached hydrogens (tertiary/aromatic N) is 2. The van der Waals surface area contributed by atoms with E-state index in [4.69, 9.17) is 15.3 Å². The molecule has 3 unspecified atom stereocenters. The third-order valence-corrected chi connectivity index (χ3v) is 9.05. The van der Waals surface area contributed by atoms with Gasteiger partial charge < -0.3 is 26.2 Å². The minimum atomic E-state index is -1.10. The van der Waals surface area contributed by atoms with Crippen molar-refractivity contribution < 1.29 is 33.9 Å². The molecule has 12 nitrogen and oxygen atoms in total. The Balaban J connectivity index is 2.37. The smallest absolute Gasteiger partial charge is 0.407 e. The summed E-state index contributed by atoms with van der Waals surface area (Å²) in [6.07, 6.45) is 3.96. The molecule has 1 aromatic carbocycles. The number of carbonyl (C=O) groups is 4. The highest BCUT2D eigenvalue weighted by atomic mass is 32.1. The molecule has 0 spiro atoms. The Kier molecular flexibility index (Phi) is 16.8. The summed E-state index contributed by atoms with van der Waals surface area (Å²) in [4.78, 5) is 62.0. The molecule has 1 heterocycles. The molecule has 1 aromatic heterocycles. The molecular formula is C35H55N5O7S. The van der Waals surface area contributed by atoms with Crippen LogP contribution in [0.3, 0.4) is 0 Å². The van der Waals surface area contributed by atoms with Crippen LogP contribution in [0.2, 0.25) is 0 Å².